The third-order valence-electron chi connectivity index (χ3n) is 6.84. The van der Waals surface area contributed by atoms with Crippen molar-refractivity contribution >= 4 is 22.8 Å². The van der Waals surface area contributed by atoms with Gasteiger partial charge in [0.2, 0.25) is 0 Å². The van der Waals surface area contributed by atoms with Crippen LogP contribution in [0.15, 0.2) is 30.3 Å². The van der Waals surface area contributed by atoms with Crippen LogP contribution in [0.4, 0.5) is 0 Å². The zero-order valence-electron chi connectivity index (χ0n) is 19.0. The van der Waals surface area contributed by atoms with E-state index in [4.69, 9.17) is 35.5 Å². The van der Waals surface area contributed by atoms with E-state index in [-0.39, 0.29) is 18.3 Å². The molecule has 1 aromatic carbocycles. The number of H-pyrrole nitrogens is 1. The molecule has 1 N–H and O–H groups in total. The minimum absolute atomic E-state index is 0.0408. The first-order valence-electron chi connectivity index (χ1n) is 12.1. The Morgan fingerprint density at radius 3 is 2.79 bits per heavy atom. The monoisotopic (exact) mass is 484 g/mol. The van der Waals surface area contributed by atoms with E-state index < -0.39 is 0 Å². The molecule has 5 heterocycles. The Kier molecular flexibility index (Phi) is 6.30. The fourth-order valence-corrected chi connectivity index (χ4v) is 5.27. The van der Waals surface area contributed by atoms with Gasteiger partial charge in [0.1, 0.15) is 18.5 Å². The number of rotatable bonds is 7. The predicted octanol–water partition coefficient (Wildman–Crippen LogP) is 4.08. The van der Waals surface area contributed by atoms with Gasteiger partial charge in [-0.3, -0.25) is 4.90 Å². The van der Waals surface area contributed by atoms with Crippen LogP contribution in [0.25, 0.3) is 22.4 Å². The molecule has 0 saturated carbocycles. The average Bonchev–Trinajstić information content (AvgIpc) is 3.57. The Hall–Kier alpha value is -2.39. The molecule has 0 spiro atoms. The second-order valence-corrected chi connectivity index (χ2v) is 9.57. The largest absolute Gasteiger partial charge is 0.492 e. The van der Waals surface area contributed by atoms with E-state index in [1.165, 1.54) is 32.4 Å². The van der Waals surface area contributed by atoms with E-state index in [1.54, 1.807) is 0 Å². The summed E-state index contributed by atoms with van der Waals surface area (Å²) in [5, 5.41) is 0.546. The Morgan fingerprint density at radius 1 is 1.09 bits per heavy atom. The van der Waals surface area contributed by atoms with Crippen molar-refractivity contribution in [3.05, 3.63) is 35.4 Å². The fourth-order valence-electron chi connectivity index (χ4n) is 5.01. The molecular weight excluding hydrogens is 456 g/mol. The quantitative estimate of drug-likeness (QED) is 0.541. The van der Waals surface area contributed by atoms with E-state index >= 15 is 0 Å². The normalized spacial score (nSPS) is 25.0. The molecule has 2 aromatic heterocycles. The number of hydrogen-bond acceptors (Lipinski definition) is 7. The number of aromatic amines is 1. The highest BCUT2D eigenvalue weighted by molar-refractivity contribution is 6.33. The smallest absolute Gasteiger partial charge is 0.296 e. The Balaban J connectivity index is 1.12. The lowest BCUT2D eigenvalue weighted by molar-refractivity contribution is 0.0273. The molecule has 180 valence electrons. The number of pyridine rings is 1. The molecule has 8 nitrogen and oxygen atoms in total. The third-order valence-corrected chi connectivity index (χ3v) is 7.13. The molecule has 0 unspecified atom stereocenters. The summed E-state index contributed by atoms with van der Waals surface area (Å²) in [5.74, 6) is 0.847. The van der Waals surface area contributed by atoms with Crippen molar-refractivity contribution in [1.29, 1.82) is 0 Å². The van der Waals surface area contributed by atoms with Gasteiger partial charge >= 0.3 is 0 Å². The number of imidazole rings is 1. The molecule has 0 bridgehead atoms. The van der Waals surface area contributed by atoms with E-state index in [2.05, 4.69) is 14.9 Å². The molecular formula is C25H29ClN4O4. The molecule has 3 aliphatic heterocycles. The number of nitrogens with zero attached hydrogens (tertiary/aromatic N) is 3. The summed E-state index contributed by atoms with van der Waals surface area (Å²) in [4.78, 5) is 14.9. The summed E-state index contributed by atoms with van der Waals surface area (Å²) in [5.41, 5.74) is 2.87. The minimum Gasteiger partial charge on any atom is -0.492 e. The molecule has 3 aromatic rings. The van der Waals surface area contributed by atoms with Crippen molar-refractivity contribution < 1.29 is 18.9 Å². The van der Waals surface area contributed by atoms with Gasteiger partial charge in [-0.15, -0.1) is 0 Å². The van der Waals surface area contributed by atoms with Crippen LogP contribution in [0.3, 0.4) is 0 Å². The van der Waals surface area contributed by atoms with Crippen molar-refractivity contribution in [3.8, 4) is 23.0 Å². The highest BCUT2D eigenvalue weighted by Gasteiger charge is 2.43. The fraction of sp³-hybridized carbons (Fsp3) is 0.520. The molecule has 34 heavy (non-hydrogen) atoms. The standard InChI is InChI=1S/C25H29ClN4O4/c26-18-14-19-24(29-25(27-19)34-21-15-33-20-8-12-32-23(20)21)28-22(18)16-4-6-17(7-5-16)31-13-11-30-9-2-1-3-10-30/h4-7,14,20-21,23H,1-3,8-13,15H2,(H,27,28,29)/t20-,21-,23+/m1/s1. The van der Waals surface area contributed by atoms with E-state index in [1.807, 2.05) is 30.3 Å². The van der Waals surface area contributed by atoms with Crippen LogP contribution in [0, 0.1) is 0 Å². The number of nitrogens with one attached hydrogen (secondary N) is 1. The van der Waals surface area contributed by atoms with Gasteiger partial charge < -0.3 is 23.9 Å². The van der Waals surface area contributed by atoms with Gasteiger partial charge in [0.15, 0.2) is 11.8 Å². The van der Waals surface area contributed by atoms with Gasteiger partial charge in [0.05, 0.1) is 28.9 Å². The van der Waals surface area contributed by atoms with Gasteiger partial charge in [0.25, 0.3) is 6.01 Å². The Bertz CT molecular complexity index is 1130. The Labute approximate surface area is 203 Å². The summed E-state index contributed by atoms with van der Waals surface area (Å²) in [6, 6.07) is 10.1. The number of benzene rings is 1. The highest BCUT2D eigenvalue weighted by atomic mass is 35.5. The summed E-state index contributed by atoms with van der Waals surface area (Å²) in [6.45, 7) is 5.22. The van der Waals surface area contributed by atoms with Crippen molar-refractivity contribution in [2.75, 3.05) is 39.5 Å². The van der Waals surface area contributed by atoms with Crippen LogP contribution < -0.4 is 9.47 Å². The third kappa shape index (κ3) is 4.60. The van der Waals surface area contributed by atoms with Crippen LogP contribution in [-0.4, -0.2) is 77.6 Å². The topological polar surface area (TPSA) is 81.7 Å². The van der Waals surface area contributed by atoms with Crippen LogP contribution in [0.2, 0.25) is 5.02 Å². The maximum absolute atomic E-state index is 6.57. The molecule has 3 saturated heterocycles. The van der Waals surface area contributed by atoms with Crippen molar-refractivity contribution in [3.63, 3.8) is 0 Å². The maximum Gasteiger partial charge on any atom is 0.296 e. The first-order chi connectivity index (χ1) is 16.7. The number of aromatic nitrogens is 3. The van der Waals surface area contributed by atoms with Crippen LogP contribution in [-0.2, 0) is 9.47 Å². The zero-order valence-corrected chi connectivity index (χ0v) is 19.8. The lowest BCUT2D eigenvalue weighted by Crippen LogP contribution is -2.33. The number of ether oxygens (including phenoxy) is 4. The number of likely N-dealkylation sites (tertiary alicyclic amines) is 1. The molecule has 3 aliphatic rings. The summed E-state index contributed by atoms with van der Waals surface area (Å²) in [6.07, 6.45) is 4.74. The number of fused-ring (bicyclic) bond motifs is 2. The maximum atomic E-state index is 6.57. The van der Waals surface area contributed by atoms with Crippen LogP contribution in [0.1, 0.15) is 25.7 Å². The molecule has 0 radical (unpaired) electrons. The highest BCUT2D eigenvalue weighted by Crippen LogP contribution is 2.32. The van der Waals surface area contributed by atoms with Crippen LogP contribution >= 0.6 is 11.6 Å². The predicted molar refractivity (Wildman–Crippen MR) is 129 cm³/mol. The molecule has 3 fully saturated rings. The van der Waals surface area contributed by atoms with Gasteiger partial charge in [0, 0.05) is 18.7 Å². The Morgan fingerprint density at radius 2 is 1.94 bits per heavy atom. The van der Waals surface area contributed by atoms with Crippen molar-refractivity contribution in [2.45, 2.75) is 44.0 Å². The number of halogens is 1. The number of hydrogen-bond donors (Lipinski definition) is 1. The average molecular weight is 485 g/mol. The van der Waals surface area contributed by atoms with Gasteiger partial charge in [-0.25, -0.2) is 4.98 Å². The first kappa shape index (κ1) is 22.1. The lowest BCUT2D eigenvalue weighted by atomic mass is 10.1. The zero-order chi connectivity index (χ0) is 22.9. The van der Waals surface area contributed by atoms with Gasteiger partial charge in [-0.1, -0.05) is 18.0 Å². The first-order valence-corrected chi connectivity index (χ1v) is 12.5. The molecule has 3 atom stereocenters. The molecule has 0 aliphatic carbocycles. The summed E-state index contributed by atoms with van der Waals surface area (Å²) in [7, 11) is 0. The molecule has 9 heteroatoms. The van der Waals surface area contributed by atoms with Crippen LogP contribution in [0.5, 0.6) is 11.8 Å². The SMILES string of the molecule is Clc1cc2[nH]c(O[C@@H]3CO[C@@H]4CCO[C@@H]43)nc2nc1-c1ccc(OCCN2CCCCC2)cc1. The van der Waals surface area contributed by atoms with E-state index in [0.717, 1.165) is 29.8 Å². The molecule has 0 amide bonds. The van der Waals surface area contributed by atoms with Gasteiger partial charge in [-0.2, -0.15) is 4.98 Å². The summed E-state index contributed by atoms with van der Waals surface area (Å²) >= 11 is 6.57. The summed E-state index contributed by atoms with van der Waals surface area (Å²) < 4.78 is 23.5. The van der Waals surface area contributed by atoms with Crippen molar-refractivity contribution in [2.24, 2.45) is 0 Å². The second-order valence-electron chi connectivity index (χ2n) is 9.16. The van der Waals surface area contributed by atoms with E-state index in [0.29, 0.717) is 42.2 Å². The van der Waals surface area contributed by atoms with E-state index in [9.17, 15) is 0 Å². The van der Waals surface area contributed by atoms with Crippen molar-refractivity contribution in [1.82, 2.24) is 19.9 Å². The lowest BCUT2D eigenvalue weighted by Gasteiger charge is -2.26. The van der Waals surface area contributed by atoms with Gasteiger partial charge in [-0.05, 0) is 62.7 Å². The number of piperidine rings is 1. The second kappa shape index (κ2) is 9.70. The minimum atomic E-state index is -0.175. The molecule has 6 rings (SSSR count).